The van der Waals surface area contributed by atoms with Gasteiger partial charge in [0.05, 0.1) is 12.7 Å². The average Bonchev–Trinajstić information content (AvgIpc) is 2.94. The molecule has 1 atom stereocenters. The van der Waals surface area contributed by atoms with Gasteiger partial charge >= 0.3 is 5.97 Å². The van der Waals surface area contributed by atoms with Crippen molar-refractivity contribution in [2.24, 2.45) is 0 Å². The zero-order chi connectivity index (χ0) is 15.9. The molecular weight excluding hydrogens is 329 g/mol. The van der Waals surface area contributed by atoms with Gasteiger partial charge in [-0.15, -0.1) is 0 Å². The van der Waals surface area contributed by atoms with E-state index in [4.69, 9.17) is 27.9 Å². The highest BCUT2D eigenvalue weighted by molar-refractivity contribution is 6.36. The molecule has 1 N–H and O–H groups in total. The molecule has 1 aliphatic heterocycles. The number of tetrazole rings is 1. The molecule has 0 amide bonds. The van der Waals surface area contributed by atoms with Gasteiger partial charge in [-0.3, -0.25) is 0 Å². The molecule has 1 aromatic carbocycles. The lowest BCUT2D eigenvalue weighted by atomic mass is 9.95. The SMILES string of the molecule is COC(=O)C1=C(C)Nc2nnnn2C1c1c(Cl)cccc1Cl. The van der Waals surface area contributed by atoms with Crippen molar-refractivity contribution in [1.29, 1.82) is 0 Å². The van der Waals surface area contributed by atoms with Crippen LogP contribution in [-0.2, 0) is 9.53 Å². The van der Waals surface area contributed by atoms with Crippen LogP contribution in [0.15, 0.2) is 29.5 Å². The number of nitrogens with zero attached hydrogens (tertiary/aromatic N) is 4. The maximum atomic E-state index is 12.2. The van der Waals surface area contributed by atoms with Crippen molar-refractivity contribution in [3.8, 4) is 0 Å². The number of hydrogen-bond acceptors (Lipinski definition) is 6. The minimum atomic E-state index is -0.667. The normalized spacial score (nSPS) is 17.0. The number of hydrogen-bond donors (Lipinski definition) is 1. The zero-order valence-electron chi connectivity index (χ0n) is 11.7. The quantitative estimate of drug-likeness (QED) is 0.846. The smallest absolute Gasteiger partial charge is 0.338 e. The molecule has 2 heterocycles. The third kappa shape index (κ3) is 2.22. The predicted octanol–water partition coefficient (Wildman–Crippen LogP) is 2.44. The summed E-state index contributed by atoms with van der Waals surface area (Å²) in [5.74, 6) is -0.113. The maximum Gasteiger partial charge on any atom is 0.338 e. The molecular formula is C13H11Cl2N5O2. The lowest BCUT2D eigenvalue weighted by Gasteiger charge is -2.28. The van der Waals surface area contributed by atoms with Crippen LogP contribution in [0.4, 0.5) is 5.95 Å². The molecule has 0 bridgehead atoms. The Balaban J connectivity index is 2.28. The number of benzene rings is 1. The first kappa shape index (κ1) is 14.8. The molecule has 22 heavy (non-hydrogen) atoms. The van der Waals surface area contributed by atoms with Gasteiger partial charge in [0.2, 0.25) is 5.95 Å². The molecule has 114 valence electrons. The lowest BCUT2D eigenvalue weighted by molar-refractivity contribution is -0.136. The fourth-order valence-electron chi connectivity index (χ4n) is 2.43. The minimum absolute atomic E-state index is 0.345. The summed E-state index contributed by atoms with van der Waals surface area (Å²) in [7, 11) is 1.31. The number of methoxy groups -OCH3 is 1. The first-order valence-electron chi connectivity index (χ1n) is 6.32. The molecule has 0 saturated heterocycles. The minimum Gasteiger partial charge on any atom is -0.466 e. The van der Waals surface area contributed by atoms with E-state index >= 15 is 0 Å². The van der Waals surface area contributed by atoms with Crippen molar-refractivity contribution in [3.63, 3.8) is 0 Å². The number of nitrogens with one attached hydrogen (secondary N) is 1. The summed E-state index contributed by atoms with van der Waals surface area (Å²) in [6.07, 6.45) is 0. The average molecular weight is 340 g/mol. The van der Waals surface area contributed by atoms with Gasteiger partial charge in [0.15, 0.2) is 0 Å². The molecule has 0 fully saturated rings. The monoisotopic (exact) mass is 339 g/mol. The van der Waals surface area contributed by atoms with E-state index in [1.54, 1.807) is 25.1 Å². The van der Waals surface area contributed by atoms with Crippen LogP contribution in [0.5, 0.6) is 0 Å². The van der Waals surface area contributed by atoms with E-state index in [2.05, 4.69) is 20.8 Å². The Hall–Kier alpha value is -2.12. The zero-order valence-corrected chi connectivity index (χ0v) is 13.2. The summed E-state index contributed by atoms with van der Waals surface area (Å²) in [6, 6.07) is 4.45. The largest absolute Gasteiger partial charge is 0.466 e. The first-order valence-corrected chi connectivity index (χ1v) is 7.08. The van der Waals surface area contributed by atoms with Gasteiger partial charge in [-0.1, -0.05) is 34.4 Å². The van der Waals surface area contributed by atoms with E-state index in [9.17, 15) is 4.79 Å². The maximum absolute atomic E-state index is 12.2. The molecule has 0 aliphatic carbocycles. The number of anilines is 1. The van der Waals surface area contributed by atoms with E-state index in [0.717, 1.165) is 0 Å². The summed E-state index contributed by atoms with van der Waals surface area (Å²) in [5, 5.41) is 15.2. The van der Waals surface area contributed by atoms with E-state index in [0.29, 0.717) is 32.8 Å². The van der Waals surface area contributed by atoms with Crippen molar-refractivity contribution in [1.82, 2.24) is 20.2 Å². The number of allylic oxidation sites excluding steroid dienone is 1. The highest BCUT2D eigenvalue weighted by Gasteiger charge is 2.36. The van der Waals surface area contributed by atoms with Crippen LogP contribution in [0.25, 0.3) is 0 Å². The summed E-state index contributed by atoms with van der Waals surface area (Å²) in [5.41, 5.74) is 1.47. The van der Waals surface area contributed by atoms with Crippen LogP contribution < -0.4 is 5.32 Å². The molecule has 1 unspecified atom stereocenters. The Labute approximate surface area is 135 Å². The van der Waals surface area contributed by atoms with Crippen LogP contribution in [0, 0.1) is 0 Å². The molecule has 1 aliphatic rings. The molecule has 0 spiro atoms. The number of ether oxygens (including phenoxy) is 1. The predicted molar refractivity (Wildman–Crippen MR) is 80.8 cm³/mol. The molecule has 3 rings (SSSR count). The van der Waals surface area contributed by atoms with Gasteiger partial charge in [-0.25, -0.2) is 4.79 Å². The van der Waals surface area contributed by atoms with Crippen molar-refractivity contribution >= 4 is 35.1 Å². The van der Waals surface area contributed by atoms with Crippen LogP contribution >= 0.6 is 23.2 Å². The molecule has 1 aromatic heterocycles. The molecule has 0 radical (unpaired) electrons. The second kappa shape index (κ2) is 5.58. The van der Waals surface area contributed by atoms with E-state index in [-0.39, 0.29) is 0 Å². The van der Waals surface area contributed by atoms with Crippen LogP contribution in [0.1, 0.15) is 18.5 Å². The van der Waals surface area contributed by atoms with E-state index in [1.807, 2.05) is 0 Å². The summed E-state index contributed by atoms with van der Waals surface area (Å²) in [6.45, 7) is 1.74. The van der Waals surface area contributed by atoms with Crippen molar-refractivity contribution < 1.29 is 9.53 Å². The van der Waals surface area contributed by atoms with Gasteiger partial charge in [0.25, 0.3) is 0 Å². The molecule has 2 aromatic rings. The summed E-state index contributed by atoms with van der Waals surface area (Å²) >= 11 is 12.6. The highest BCUT2D eigenvalue weighted by Crippen LogP contribution is 2.40. The van der Waals surface area contributed by atoms with Crippen molar-refractivity contribution in [2.75, 3.05) is 12.4 Å². The fraction of sp³-hybridized carbons (Fsp3) is 0.231. The second-order valence-corrected chi connectivity index (χ2v) is 5.45. The second-order valence-electron chi connectivity index (χ2n) is 4.64. The number of halogens is 2. The standard InChI is InChI=1S/C13H11Cl2N5O2/c1-6-9(12(21)22-2)11(20-13(16-6)17-18-19-20)10-7(14)4-3-5-8(10)15/h3-5,11H,1-2H3,(H,16,17,19). The Morgan fingerprint density at radius 1 is 1.36 bits per heavy atom. The Morgan fingerprint density at radius 3 is 2.68 bits per heavy atom. The van der Waals surface area contributed by atoms with Crippen LogP contribution in [-0.4, -0.2) is 33.3 Å². The van der Waals surface area contributed by atoms with Gasteiger partial charge < -0.3 is 10.1 Å². The molecule has 7 nitrogen and oxygen atoms in total. The van der Waals surface area contributed by atoms with Crippen molar-refractivity contribution in [3.05, 3.63) is 45.1 Å². The Kier molecular flexibility index (Phi) is 3.76. The summed E-state index contributed by atoms with van der Waals surface area (Å²) in [4.78, 5) is 12.2. The van der Waals surface area contributed by atoms with Gasteiger partial charge in [-0.05, 0) is 29.5 Å². The number of rotatable bonds is 2. The van der Waals surface area contributed by atoms with Crippen LogP contribution in [0.3, 0.4) is 0 Å². The highest BCUT2D eigenvalue weighted by atomic mass is 35.5. The first-order chi connectivity index (χ1) is 10.5. The van der Waals surface area contributed by atoms with Crippen molar-refractivity contribution in [2.45, 2.75) is 13.0 Å². The Morgan fingerprint density at radius 2 is 2.05 bits per heavy atom. The summed E-state index contributed by atoms with van der Waals surface area (Å²) < 4.78 is 6.33. The topological polar surface area (TPSA) is 81.9 Å². The fourth-order valence-corrected chi connectivity index (χ4v) is 3.03. The number of esters is 1. The van der Waals surface area contributed by atoms with E-state index in [1.165, 1.54) is 11.8 Å². The van der Waals surface area contributed by atoms with Gasteiger partial charge in [-0.2, -0.15) is 4.68 Å². The molecule has 0 saturated carbocycles. The Bertz CT molecular complexity index is 766. The number of carbonyl (C=O) groups is 1. The van der Waals surface area contributed by atoms with Gasteiger partial charge in [0.1, 0.15) is 6.04 Å². The van der Waals surface area contributed by atoms with Crippen LogP contribution in [0.2, 0.25) is 10.0 Å². The molecule has 9 heteroatoms. The van der Waals surface area contributed by atoms with Gasteiger partial charge in [0, 0.05) is 21.3 Å². The van der Waals surface area contributed by atoms with E-state index < -0.39 is 12.0 Å². The third-order valence-electron chi connectivity index (χ3n) is 3.39. The number of carbonyl (C=O) groups excluding carboxylic acids is 1. The third-order valence-corrected chi connectivity index (χ3v) is 4.05. The number of fused-ring (bicyclic) bond motifs is 1. The number of aromatic nitrogens is 4. The lowest BCUT2D eigenvalue weighted by Crippen LogP contribution is -2.29.